The Balaban J connectivity index is 1.62. The molecular weight excluding hydrogens is 540 g/mol. The van der Waals surface area contributed by atoms with Crippen molar-refractivity contribution in [3.05, 3.63) is 97.2 Å². The van der Waals surface area contributed by atoms with Crippen molar-refractivity contribution in [2.75, 3.05) is 5.75 Å². The summed E-state index contributed by atoms with van der Waals surface area (Å²) in [4.78, 5) is 61.5. The van der Waals surface area contributed by atoms with Crippen molar-refractivity contribution in [1.82, 2.24) is 10.2 Å². The van der Waals surface area contributed by atoms with E-state index in [4.69, 9.17) is 4.74 Å². The molecule has 0 saturated carbocycles. The Morgan fingerprint density at radius 1 is 1.10 bits per heavy atom. The van der Waals surface area contributed by atoms with Crippen LogP contribution in [0, 0.1) is 20.2 Å². The number of benzene rings is 2. The molecule has 2 amide bonds. The normalized spacial score (nSPS) is 18.7. The van der Waals surface area contributed by atoms with Gasteiger partial charge in [-0.05, 0) is 44.1 Å². The number of hydrogen-bond donors (Lipinski definition) is 1. The van der Waals surface area contributed by atoms with E-state index in [1.165, 1.54) is 34.9 Å². The minimum atomic E-state index is -0.868. The first kappa shape index (κ1) is 28.5. The van der Waals surface area contributed by atoms with Gasteiger partial charge in [-0.25, -0.2) is 4.79 Å². The van der Waals surface area contributed by atoms with Gasteiger partial charge in [0.1, 0.15) is 22.7 Å². The summed E-state index contributed by atoms with van der Waals surface area (Å²) in [5.74, 6) is -1.32. The lowest BCUT2D eigenvalue weighted by Crippen LogP contribution is -2.70. The van der Waals surface area contributed by atoms with Crippen molar-refractivity contribution in [1.29, 1.82) is 0 Å². The van der Waals surface area contributed by atoms with E-state index in [2.05, 4.69) is 5.32 Å². The third kappa shape index (κ3) is 6.20. The van der Waals surface area contributed by atoms with Crippen LogP contribution in [0.25, 0.3) is 6.08 Å². The van der Waals surface area contributed by atoms with E-state index in [9.17, 15) is 34.6 Å². The predicted octanol–water partition coefficient (Wildman–Crippen LogP) is 3.75. The van der Waals surface area contributed by atoms with Gasteiger partial charge < -0.3 is 10.1 Å². The SMILES string of the molecule is CC(C)(C)OC(=O)C1=C(/C=C/c2ccc([N+](=O)[O-])cc2[N+](=O)[O-])CS[C@@H]2[C@H](NC(=O)Cc3ccccc3)C(=O)N12. The fourth-order valence-electron chi connectivity index (χ4n) is 4.23. The number of β-lactam (4-membered cyclic amide) rings is 1. The topological polar surface area (TPSA) is 162 Å². The molecule has 2 aliphatic rings. The standard InChI is InChI=1S/C27H26N4O8S/c1-27(2,3)39-26(34)23-18(10-9-17-11-12-19(30(35)36)14-20(17)31(37)38)15-40-25-22(24(33)29(23)25)28-21(32)13-16-7-5-4-6-8-16/h4-12,14,22,25H,13,15H2,1-3H3,(H,28,32)/b10-9+/t22-,25-/m1/s1. The highest BCUT2D eigenvalue weighted by molar-refractivity contribution is 8.00. The molecule has 0 radical (unpaired) electrons. The van der Waals surface area contributed by atoms with Crippen LogP contribution in [0.4, 0.5) is 11.4 Å². The number of hydrogen-bond acceptors (Lipinski definition) is 9. The second-order valence-corrected chi connectivity index (χ2v) is 11.2. The minimum Gasteiger partial charge on any atom is -0.455 e. The summed E-state index contributed by atoms with van der Waals surface area (Å²) < 4.78 is 5.56. The fraction of sp³-hybridized carbons (Fsp3) is 0.296. The first-order valence-corrected chi connectivity index (χ1v) is 13.3. The molecule has 0 aromatic heterocycles. The second kappa shape index (κ2) is 11.3. The Bertz CT molecular complexity index is 1450. The third-order valence-electron chi connectivity index (χ3n) is 6.00. The molecular formula is C27H26N4O8S. The molecule has 2 aromatic rings. The zero-order valence-electron chi connectivity index (χ0n) is 21.9. The van der Waals surface area contributed by atoms with Gasteiger partial charge in [0.25, 0.3) is 17.3 Å². The van der Waals surface area contributed by atoms with Crippen LogP contribution in [-0.4, -0.2) is 55.3 Å². The molecule has 0 bridgehead atoms. The number of ether oxygens (including phenoxy) is 1. The van der Waals surface area contributed by atoms with E-state index in [0.29, 0.717) is 5.57 Å². The highest BCUT2D eigenvalue weighted by Crippen LogP contribution is 2.41. The van der Waals surface area contributed by atoms with Crippen molar-refractivity contribution in [3.63, 3.8) is 0 Å². The van der Waals surface area contributed by atoms with Crippen LogP contribution < -0.4 is 5.32 Å². The molecule has 12 nitrogen and oxygen atoms in total. The number of carbonyl (C=O) groups excluding carboxylic acids is 3. The van der Waals surface area contributed by atoms with Gasteiger partial charge in [0.15, 0.2) is 0 Å². The Labute approximate surface area is 233 Å². The molecule has 40 heavy (non-hydrogen) atoms. The molecule has 2 heterocycles. The van der Waals surface area contributed by atoms with Crippen LogP contribution in [0.5, 0.6) is 0 Å². The van der Waals surface area contributed by atoms with E-state index in [1.807, 2.05) is 18.2 Å². The summed E-state index contributed by atoms with van der Waals surface area (Å²) in [6.45, 7) is 5.04. The van der Waals surface area contributed by atoms with Crippen LogP contribution in [0.1, 0.15) is 31.9 Å². The van der Waals surface area contributed by atoms with E-state index >= 15 is 0 Å². The lowest BCUT2D eigenvalue weighted by molar-refractivity contribution is -0.394. The quantitative estimate of drug-likeness (QED) is 0.217. The number of rotatable bonds is 8. The zero-order valence-corrected chi connectivity index (χ0v) is 22.7. The second-order valence-electron chi connectivity index (χ2n) is 10.1. The monoisotopic (exact) mass is 566 g/mol. The average Bonchev–Trinajstić information content (AvgIpc) is 2.89. The third-order valence-corrected chi connectivity index (χ3v) is 7.30. The lowest BCUT2D eigenvalue weighted by Gasteiger charge is -2.49. The molecule has 208 valence electrons. The van der Waals surface area contributed by atoms with Crippen LogP contribution in [0.3, 0.4) is 0 Å². The number of nitro groups is 2. The van der Waals surface area contributed by atoms with Crippen molar-refractivity contribution in [2.45, 2.75) is 44.2 Å². The molecule has 13 heteroatoms. The van der Waals surface area contributed by atoms with E-state index < -0.39 is 50.1 Å². The summed E-state index contributed by atoms with van der Waals surface area (Å²) in [6.07, 6.45) is 2.93. The fourth-order valence-corrected chi connectivity index (χ4v) is 5.55. The van der Waals surface area contributed by atoms with Gasteiger partial charge in [-0.15, -0.1) is 11.8 Å². The van der Waals surface area contributed by atoms with Crippen molar-refractivity contribution >= 4 is 47.0 Å². The van der Waals surface area contributed by atoms with E-state index in [1.54, 1.807) is 32.9 Å². The van der Waals surface area contributed by atoms with Crippen molar-refractivity contribution in [2.24, 2.45) is 0 Å². The number of nitrogens with one attached hydrogen (secondary N) is 1. The summed E-state index contributed by atoms with van der Waals surface area (Å²) in [5, 5.41) is 24.8. The molecule has 2 aromatic carbocycles. The van der Waals surface area contributed by atoms with Crippen molar-refractivity contribution < 1.29 is 29.0 Å². The molecule has 1 fully saturated rings. The maximum Gasteiger partial charge on any atom is 0.355 e. The minimum absolute atomic E-state index is 0.0157. The molecule has 0 unspecified atom stereocenters. The zero-order chi connectivity index (χ0) is 29.2. The highest BCUT2D eigenvalue weighted by Gasteiger charge is 2.54. The van der Waals surface area contributed by atoms with E-state index in [0.717, 1.165) is 17.7 Å². The number of non-ortho nitro benzene ring substituents is 1. The number of fused-ring (bicyclic) bond motifs is 1. The number of allylic oxidation sites excluding steroid dienone is 1. The number of nitro benzene ring substituents is 2. The van der Waals surface area contributed by atoms with Gasteiger partial charge in [0.2, 0.25) is 5.91 Å². The van der Waals surface area contributed by atoms with E-state index in [-0.39, 0.29) is 29.3 Å². The maximum atomic E-state index is 13.2. The van der Waals surface area contributed by atoms with Gasteiger partial charge >= 0.3 is 5.97 Å². The molecule has 1 N–H and O–H groups in total. The Morgan fingerprint density at radius 3 is 2.42 bits per heavy atom. The van der Waals surface area contributed by atoms with Gasteiger partial charge in [0, 0.05) is 11.8 Å². The number of carbonyl (C=O) groups is 3. The number of thioether (sulfide) groups is 1. The Morgan fingerprint density at radius 2 is 1.80 bits per heavy atom. The Hall–Kier alpha value is -4.52. The molecule has 2 atom stereocenters. The summed E-state index contributed by atoms with van der Waals surface area (Å²) in [6, 6.07) is 11.5. The average molecular weight is 567 g/mol. The van der Waals surface area contributed by atoms with Crippen LogP contribution >= 0.6 is 11.8 Å². The number of amides is 2. The van der Waals surface area contributed by atoms with Crippen LogP contribution in [-0.2, 0) is 25.5 Å². The predicted molar refractivity (Wildman–Crippen MR) is 147 cm³/mol. The highest BCUT2D eigenvalue weighted by atomic mass is 32.2. The van der Waals surface area contributed by atoms with Crippen LogP contribution in [0.2, 0.25) is 0 Å². The lowest BCUT2D eigenvalue weighted by atomic mass is 10.0. The van der Waals surface area contributed by atoms with Crippen molar-refractivity contribution in [3.8, 4) is 0 Å². The summed E-state index contributed by atoms with van der Waals surface area (Å²) in [7, 11) is 0. The van der Waals surface area contributed by atoms with Gasteiger partial charge in [-0.2, -0.15) is 0 Å². The molecule has 2 aliphatic heterocycles. The molecule has 0 aliphatic carbocycles. The molecule has 1 saturated heterocycles. The van der Waals surface area contributed by atoms with Gasteiger partial charge in [-0.3, -0.25) is 34.7 Å². The Kier molecular flexibility index (Phi) is 8.05. The maximum absolute atomic E-state index is 13.2. The first-order valence-electron chi connectivity index (χ1n) is 12.2. The van der Waals surface area contributed by atoms with Gasteiger partial charge in [0.05, 0.1) is 27.9 Å². The largest absolute Gasteiger partial charge is 0.455 e. The summed E-state index contributed by atoms with van der Waals surface area (Å²) in [5.41, 5.74) is -0.536. The molecule has 4 rings (SSSR count). The first-order chi connectivity index (χ1) is 18.9. The van der Waals surface area contributed by atoms with Gasteiger partial charge in [-0.1, -0.05) is 36.4 Å². The number of esters is 1. The molecule has 0 spiro atoms. The van der Waals surface area contributed by atoms with Crippen LogP contribution in [0.15, 0.2) is 65.9 Å². The smallest absolute Gasteiger partial charge is 0.355 e. The summed E-state index contributed by atoms with van der Waals surface area (Å²) >= 11 is 1.32. The number of nitrogens with zero attached hydrogens (tertiary/aromatic N) is 3.